The van der Waals surface area contributed by atoms with Gasteiger partial charge in [0.1, 0.15) is 10.7 Å². The van der Waals surface area contributed by atoms with Crippen LogP contribution in [0.15, 0.2) is 23.2 Å². The van der Waals surface area contributed by atoms with Crippen LogP contribution in [0.5, 0.6) is 0 Å². The number of pyridine rings is 1. The second-order valence-electron chi connectivity index (χ2n) is 3.80. The van der Waals surface area contributed by atoms with Gasteiger partial charge in [-0.1, -0.05) is 0 Å². The fourth-order valence-electron chi connectivity index (χ4n) is 1.41. The van der Waals surface area contributed by atoms with E-state index >= 15 is 0 Å². The number of hydrogen-bond donors (Lipinski definition) is 1. The molecule has 7 heteroatoms. The van der Waals surface area contributed by atoms with Gasteiger partial charge in [-0.3, -0.25) is 0 Å². The van der Waals surface area contributed by atoms with Crippen LogP contribution in [0.3, 0.4) is 0 Å². The van der Waals surface area contributed by atoms with Gasteiger partial charge in [-0.2, -0.15) is 0 Å². The molecular formula is C11H19N3O3S. The normalized spacial score (nSPS) is 11.8. The van der Waals surface area contributed by atoms with Gasteiger partial charge in [0.05, 0.1) is 0 Å². The van der Waals surface area contributed by atoms with E-state index in [2.05, 4.69) is 10.3 Å². The molecule has 0 aliphatic heterocycles. The van der Waals surface area contributed by atoms with Crippen molar-refractivity contribution in [3.05, 3.63) is 18.3 Å². The van der Waals surface area contributed by atoms with Crippen molar-refractivity contribution in [3.8, 4) is 0 Å². The molecule has 0 aliphatic carbocycles. The minimum atomic E-state index is -3.46. The Bertz CT molecular complexity index is 459. The minimum Gasteiger partial charge on any atom is -0.385 e. The Kier molecular flexibility index (Phi) is 5.52. The summed E-state index contributed by atoms with van der Waals surface area (Å²) in [4.78, 5) is 4.20. The Hall–Kier alpha value is -1.18. The van der Waals surface area contributed by atoms with E-state index in [4.69, 9.17) is 4.74 Å². The Morgan fingerprint density at radius 2 is 2.17 bits per heavy atom. The highest BCUT2D eigenvalue weighted by atomic mass is 32.2. The average Bonchev–Trinajstić information content (AvgIpc) is 2.39. The molecule has 0 aromatic carbocycles. The van der Waals surface area contributed by atoms with Crippen LogP contribution in [0.1, 0.15) is 6.42 Å². The summed E-state index contributed by atoms with van der Waals surface area (Å²) >= 11 is 0. The Balaban J connectivity index is 2.77. The lowest BCUT2D eigenvalue weighted by Gasteiger charge is -2.16. The van der Waals surface area contributed by atoms with Crippen LogP contribution in [0, 0.1) is 0 Å². The molecule has 0 bridgehead atoms. The summed E-state index contributed by atoms with van der Waals surface area (Å²) in [5.41, 5.74) is 0. The van der Waals surface area contributed by atoms with Gasteiger partial charge < -0.3 is 10.1 Å². The van der Waals surface area contributed by atoms with E-state index in [0.717, 1.165) is 0 Å². The third kappa shape index (κ3) is 3.66. The molecule has 0 spiro atoms. The molecule has 1 N–H and O–H groups in total. The highest BCUT2D eigenvalue weighted by Crippen LogP contribution is 2.15. The first-order valence-corrected chi connectivity index (χ1v) is 7.05. The third-order valence-corrected chi connectivity index (χ3v) is 4.36. The van der Waals surface area contributed by atoms with E-state index in [-0.39, 0.29) is 4.90 Å². The number of nitrogens with zero attached hydrogens (tertiary/aromatic N) is 2. The lowest BCUT2D eigenvalue weighted by molar-refractivity contribution is 0.189. The molecule has 0 fully saturated rings. The molecular weight excluding hydrogens is 254 g/mol. The standard InChI is InChI=1S/C11H19N3O3S/c1-12-11-6-5-10(9-13-11)18(15,16)14(2)7-4-8-17-3/h5-6,9H,4,7-8H2,1-3H3,(H,12,13). The molecule has 1 heterocycles. The molecule has 1 aromatic heterocycles. The molecule has 0 amide bonds. The first-order valence-electron chi connectivity index (χ1n) is 5.61. The zero-order chi connectivity index (χ0) is 13.6. The van der Waals surface area contributed by atoms with Crippen LogP contribution in [0.4, 0.5) is 5.82 Å². The summed E-state index contributed by atoms with van der Waals surface area (Å²) in [6.45, 7) is 0.959. The maximum Gasteiger partial charge on any atom is 0.244 e. The van der Waals surface area contributed by atoms with Crippen molar-refractivity contribution >= 4 is 15.8 Å². The molecule has 1 aromatic rings. The van der Waals surface area contributed by atoms with Crippen molar-refractivity contribution in [3.63, 3.8) is 0 Å². The first-order chi connectivity index (χ1) is 8.52. The molecule has 6 nitrogen and oxygen atoms in total. The molecule has 1 rings (SSSR count). The average molecular weight is 273 g/mol. The number of ether oxygens (including phenoxy) is 1. The number of nitrogens with one attached hydrogen (secondary N) is 1. The molecule has 0 atom stereocenters. The van der Waals surface area contributed by atoms with Crippen LogP contribution < -0.4 is 5.32 Å². The second kappa shape index (κ2) is 6.67. The largest absolute Gasteiger partial charge is 0.385 e. The zero-order valence-corrected chi connectivity index (χ0v) is 11.7. The zero-order valence-electron chi connectivity index (χ0n) is 10.9. The fourth-order valence-corrected chi connectivity index (χ4v) is 2.57. The van der Waals surface area contributed by atoms with Gasteiger partial charge in [-0.25, -0.2) is 17.7 Å². The quantitative estimate of drug-likeness (QED) is 0.743. The summed E-state index contributed by atoms with van der Waals surface area (Å²) in [6.07, 6.45) is 2.02. The van der Waals surface area contributed by atoms with E-state index < -0.39 is 10.0 Å². The molecule has 0 saturated heterocycles. The van der Waals surface area contributed by atoms with Crippen LogP contribution >= 0.6 is 0 Å². The van der Waals surface area contributed by atoms with Crippen LogP contribution in [-0.2, 0) is 14.8 Å². The summed E-state index contributed by atoms with van der Waals surface area (Å²) in [5.74, 6) is 0.635. The first kappa shape index (κ1) is 14.9. The third-order valence-electron chi connectivity index (χ3n) is 2.52. The number of rotatable bonds is 7. The van der Waals surface area contributed by atoms with Crippen LogP contribution in [0.2, 0.25) is 0 Å². The lowest BCUT2D eigenvalue weighted by atomic mass is 10.4. The van der Waals surface area contributed by atoms with E-state index in [9.17, 15) is 8.42 Å². The SMILES string of the molecule is CNc1ccc(S(=O)(=O)N(C)CCCOC)cn1. The van der Waals surface area contributed by atoms with Crippen LogP contribution in [-0.4, -0.2) is 52.1 Å². The molecule has 102 valence electrons. The molecule has 0 unspecified atom stereocenters. The van der Waals surface area contributed by atoms with Gasteiger partial charge in [-0.15, -0.1) is 0 Å². The predicted molar refractivity (Wildman–Crippen MR) is 70.1 cm³/mol. The van der Waals surface area contributed by atoms with Gasteiger partial charge in [0, 0.05) is 40.6 Å². The van der Waals surface area contributed by atoms with Gasteiger partial charge in [0.2, 0.25) is 10.0 Å². The summed E-state index contributed by atoms with van der Waals surface area (Å²) in [5, 5.41) is 2.84. The van der Waals surface area contributed by atoms with E-state index in [1.807, 2.05) is 0 Å². The van der Waals surface area contributed by atoms with Gasteiger partial charge in [0.15, 0.2) is 0 Å². The van der Waals surface area contributed by atoms with Gasteiger partial charge >= 0.3 is 0 Å². The molecule has 18 heavy (non-hydrogen) atoms. The lowest BCUT2D eigenvalue weighted by Crippen LogP contribution is -2.28. The van der Waals surface area contributed by atoms with Crippen molar-refractivity contribution in [2.24, 2.45) is 0 Å². The fraction of sp³-hybridized carbons (Fsp3) is 0.545. The van der Waals surface area contributed by atoms with Gasteiger partial charge in [0.25, 0.3) is 0 Å². The second-order valence-corrected chi connectivity index (χ2v) is 5.85. The molecule has 0 saturated carbocycles. The van der Waals surface area contributed by atoms with Crippen molar-refractivity contribution in [1.29, 1.82) is 0 Å². The van der Waals surface area contributed by atoms with Crippen molar-refractivity contribution in [2.45, 2.75) is 11.3 Å². The summed E-state index contributed by atoms with van der Waals surface area (Å²) in [6, 6.07) is 3.18. The van der Waals surface area contributed by atoms with E-state index in [0.29, 0.717) is 25.4 Å². The maximum absolute atomic E-state index is 12.2. The smallest absolute Gasteiger partial charge is 0.244 e. The molecule has 0 radical (unpaired) electrons. The summed E-state index contributed by atoms with van der Waals surface area (Å²) < 4.78 is 30.5. The Morgan fingerprint density at radius 1 is 1.44 bits per heavy atom. The Labute approximate surface area is 108 Å². The number of aromatic nitrogens is 1. The maximum atomic E-state index is 12.2. The van der Waals surface area contributed by atoms with Gasteiger partial charge in [-0.05, 0) is 18.6 Å². The molecule has 0 aliphatic rings. The number of anilines is 1. The van der Waals surface area contributed by atoms with E-state index in [1.54, 1.807) is 33.3 Å². The van der Waals surface area contributed by atoms with Crippen molar-refractivity contribution < 1.29 is 13.2 Å². The predicted octanol–water partition coefficient (Wildman–Crippen LogP) is 0.780. The highest BCUT2D eigenvalue weighted by molar-refractivity contribution is 7.89. The van der Waals surface area contributed by atoms with Crippen LogP contribution in [0.25, 0.3) is 0 Å². The number of sulfonamides is 1. The number of methoxy groups -OCH3 is 1. The highest BCUT2D eigenvalue weighted by Gasteiger charge is 2.20. The van der Waals surface area contributed by atoms with E-state index in [1.165, 1.54) is 10.5 Å². The Morgan fingerprint density at radius 3 is 2.67 bits per heavy atom. The topological polar surface area (TPSA) is 71.5 Å². The minimum absolute atomic E-state index is 0.196. The number of hydrogen-bond acceptors (Lipinski definition) is 5. The monoisotopic (exact) mass is 273 g/mol. The van der Waals surface area contributed by atoms with Crippen molar-refractivity contribution in [1.82, 2.24) is 9.29 Å². The summed E-state index contributed by atoms with van der Waals surface area (Å²) in [7, 11) is 1.42. The van der Waals surface area contributed by atoms with Crippen molar-refractivity contribution in [2.75, 3.05) is 39.7 Å².